The van der Waals surface area contributed by atoms with Crippen molar-refractivity contribution in [2.45, 2.75) is 25.3 Å². The molecule has 1 aliphatic rings. The molecule has 2 aromatic carbocycles. The average Bonchev–Trinajstić information content (AvgIpc) is 2.95. The third kappa shape index (κ3) is 3.17. The number of nitrogens with zero attached hydrogens (tertiary/aromatic N) is 3. The van der Waals surface area contributed by atoms with E-state index in [9.17, 15) is 4.79 Å². The molecule has 6 nitrogen and oxygen atoms in total. The fourth-order valence-electron chi connectivity index (χ4n) is 3.41. The number of aromatic nitrogens is 3. The van der Waals surface area contributed by atoms with Crippen molar-refractivity contribution >= 4 is 35.0 Å². The van der Waals surface area contributed by atoms with Crippen LogP contribution in [0.1, 0.15) is 40.4 Å². The van der Waals surface area contributed by atoms with Gasteiger partial charge in [0.15, 0.2) is 0 Å². The highest BCUT2D eigenvalue weighted by Crippen LogP contribution is 2.31. The highest BCUT2D eigenvalue weighted by Gasteiger charge is 2.22. The third-order valence-corrected chi connectivity index (χ3v) is 4.66. The fourth-order valence-corrected chi connectivity index (χ4v) is 3.41. The Morgan fingerprint density at radius 3 is 2.96 bits per heavy atom. The number of nitrogens with two attached hydrogens (primary N) is 1. The first kappa shape index (κ1) is 17.2. The van der Waals surface area contributed by atoms with E-state index in [1.54, 1.807) is 10.7 Å². The van der Waals surface area contributed by atoms with E-state index in [4.69, 9.17) is 5.73 Å². The Kier molecular flexibility index (Phi) is 4.63. The Hall–Kier alpha value is -2.60. The maximum absolute atomic E-state index is 12.6. The molecule has 130 valence electrons. The molecule has 0 spiro atoms. The summed E-state index contributed by atoms with van der Waals surface area (Å²) in [5.74, 6) is -0.0859. The molecule has 1 heterocycles. The lowest BCUT2D eigenvalue weighted by Gasteiger charge is -2.26. The van der Waals surface area contributed by atoms with E-state index >= 15 is 0 Å². The minimum atomic E-state index is -0.0859. The van der Waals surface area contributed by atoms with Gasteiger partial charge in [-0.05, 0) is 60.7 Å². The van der Waals surface area contributed by atoms with Gasteiger partial charge in [0.2, 0.25) is 0 Å². The molecule has 1 aromatic heterocycles. The number of nitrogen functional groups attached to an aromatic ring is 1. The van der Waals surface area contributed by atoms with Crippen LogP contribution in [-0.2, 0) is 13.5 Å². The van der Waals surface area contributed by atoms with Crippen molar-refractivity contribution in [3.63, 3.8) is 0 Å². The molecule has 3 aromatic rings. The number of fused-ring (bicyclic) bond motifs is 2. The molecule has 1 amide bonds. The second-order valence-corrected chi connectivity index (χ2v) is 6.29. The second kappa shape index (κ2) is 6.72. The molecule has 0 fully saturated rings. The Morgan fingerprint density at radius 1 is 1.28 bits per heavy atom. The minimum absolute atomic E-state index is 0. The normalized spacial score (nSPS) is 16.1. The van der Waals surface area contributed by atoms with Gasteiger partial charge in [-0.15, -0.1) is 17.5 Å². The van der Waals surface area contributed by atoms with E-state index in [0.717, 1.165) is 36.0 Å². The zero-order valence-corrected chi connectivity index (χ0v) is 14.7. The quantitative estimate of drug-likeness (QED) is 0.690. The monoisotopic (exact) mass is 357 g/mol. The summed E-state index contributed by atoms with van der Waals surface area (Å²) in [5.41, 5.74) is 11.3. The number of amides is 1. The summed E-state index contributed by atoms with van der Waals surface area (Å²) in [4.78, 5) is 12.6. The van der Waals surface area contributed by atoms with Gasteiger partial charge in [-0.3, -0.25) is 4.79 Å². The van der Waals surface area contributed by atoms with E-state index in [1.807, 2.05) is 37.4 Å². The van der Waals surface area contributed by atoms with Gasteiger partial charge in [0.1, 0.15) is 5.52 Å². The second-order valence-electron chi connectivity index (χ2n) is 6.29. The molecule has 0 aliphatic heterocycles. The molecule has 4 rings (SSSR count). The van der Waals surface area contributed by atoms with Crippen LogP contribution in [-0.4, -0.2) is 20.9 Å². The largest absolute Gasteiger partial charge is 0.399 e. The van der Waals surface area contributed by atoms with Crippen molar-refractivity contribution < 1.29 is 4.79 Å². The zero-order chi connectivity index (χ0) is 16.7. The maximum atomic E-state index is 12.6. The molecule has 7 heteroatoms. The SMILES string of the molecule is Cl.Cn1nnc2cc(C(=O)NC3CCCc4cc(N)ccc43)ccc21. The highest BCUT2D eigenvalue weighted by atomic mass is 35.5. The lowest BCUT2D eigenvalue weighted by atomic mass is 9.87. The predicted molar refractivity (Wildman–Crippen MR) is 99.8 cm³/mol. The molecule has 1 unspecified atom stereocenters. The molecular weight excluding hydrogens is 338 g/mol. The van der Waals surface area contributed by atoms with Crippen molar-refractivity contribution in [1.29, 1.82) is 0 Å². The molecule has 3 N–H and O–H groups in total. The number of aryl methyl sites for hydroxylation is 2. The number of carbonyl (C=O) groups is 1. The predicted octanol–water partition coefficient (Wildman–Crippen LogP) is 2.78. The first-order valence-electron chi connectivity index (χ1n) is 8.10. The number of rotatable bonds is 2. The number of anilines is 1. The Morgan fingerprint density at radius 2 is 2.12 bits per heavy atom. The number of nitrogens with one attached hydrogen (secondary N) is 1. The van der Waals surface area contributed by atoms with Gasteiger partial charge in [0.05, 0.1) is 11.6 Å². The summed E-state index contributed by atoms with van der Waals surface area (Å²) in [5, 5.41) is 11.2. The number of hydrogen-bond acceptors (Lipinski definition) is 4. The van der Waals surface area contributed by atoms with Crippen LogP contribution < -0.4 is 11.1 Å². The van der Waals surface area contributed by atoms with Crippen LogP contribution in [0.15, 0.2) is 36.4 Å². The van der Waals surface area contributed by atoms with Gasteiger partial charge in [0, 0.05) is 18.3 Å². The van der Waals surface area contributed by atoms with Gasteiger partial charge < -0.3 is 11.1 Å². The number of hydrogen-bond donors (Lipinski definition) is 2. The zero-order valence-electron chi connectivity index (χ0n) is 13.9. The number of carbonyl (C=O) groups excluding carboxylic acids is 1. The Labute approximate surface area is 151 Å². The van der Waals surface area contributed by atoms with Crippen LogP contribution in [0.25, 0.3) is 11.0 Å². The molecule has 1 atom stereocenters. The first-order chi connectivity index (χ1) is 11.6. The van der Waals surface area contributed by atoms with E-state index in [0.29, 0.717) is 5.56 Å². The van der Waals surface area contributed by atoms with E-state index in [-0.39, 0.29) is 24.4 Å². The summed E-state index contributed by atoms with van der Waals surface area (Å²) in [7, 11) is 1.83. The van der Waals surface area contributed by atoms with Crippen LogP contribution in [0.4, 0.5) is 5.69 Å². The summed E-state index contributed by atoms with van der Waals surface area (Å²) in [6.07, 6.45) is 3.00. The van der Waals surface area contributed by atoms with E-state index in [1.165, 1.54) is 11.1 Å². The van der Waals surface area contributed by atoms with Gasteiger partial charge in [-0.25, -0.2) is 4.68 Å². The summed E-state index contributed by atoms with van der Waals surface area (Å²) in [6, 6.07) is 11.4. The highest BCUT2D eigenvalue weighted by molar-refractivity contribution is 5.97. The third-order valence-electron chi connectivity index (χ3n) is 4.66. The minimum Gasteiger partial charge on any atom is -0.399 e. The van der Waals surface area contributed by atoms with Gasteiger partial charge in [0.25, 0.3) is 5.91 Å². The van der Waals surface area contributed by atoms with Crippen LogP contribution in [0.5, 0.6) is 0 Å². The van der Waals surface area contributed by atoms with Crippen LogP contribution >= 0.6 is 12.4 Å². The molecule has 25 heavy (non-hydrogen) atoms. The topological polar surface area (TPSA) is 85.8 Å². The van der Waals surface area contributed by atoms with Crippen LogP contribution in [0.2, 0.25) is 0 Å². The smallest absolute Gasteiger partial charge is 0.251 e. The van der Waals surface area contributed by atoms with Crippen molar-refractivity contribution in [3.05, 3.63) is 53.1 Å². The molecule has 0 bridgehead atoms. The molecule has 0 radical (unpaired) electrons. The lowest BCUT2D eigenvalue weighted by molar-refractivity contribution is 0.0933. The maximum Gasteiger partial charge on any atom is 0.251 e. The summed E-state index contributed by atoms with van der Waals surface area (Å²) >= 11 is 0. The van der Waals surface area contributed by atoms with E-state index < -0.39 is 0 Å². The van der Waals surface area contributed by atoms with E-state index in [2.05, 4.69) is 15.6 Å². The van der Waals surface area contributed by atoms with Crippen molar-refractivity contribution in [3.8, 4) is 0 Å². The fraction of sp³-hybridized carbons (Fsp3) is 0.278. The van der Waals surface area contributed by atoms with Crippen molar-refractivity contribution in [2.75, 3.05) is 5.73 Å². The first-order valence-corrected chi connectivity index (χ1v) is 8.10. The molecule has 0 saturated heterocycles. The van der Waals surface area contributed by atoms with Crippen LogP contribution in [0, 0.1) is 0 Å². The number of halogens is 1. The molecule has 1 aliphatic carbocycles. The van der Waals surface area contributed by atoms with Gasteiger partial charge in [-0.1, -0.05) is 11.3 Å². The Bertz CT molecular complexity index is 936. The van der Waals surface area contributed by atoms with Crippen molar-refractivity contribution in [1.82, 2.24) is 20.3 Å². The van der Waals surface area contributed by atoms with Crippen LogP contribution in [0.3, 0.4) is 0 Å². The van der Waals surface area contributed by atoms with Crippen molar-refractivity contribution in [2.24, 2.45) is 7.05 Å². The molecular formula is C18H20ClN5O. The summed E-state index contributed by atoms with van der Waals surface area (Å²) in [6.45, 7) is 0. The lowest BCUT2D eigenvalue weighted by Crippen LogP contribution is -2.31. The molecule has 0 saturated carbocycles. The standard InChI is InChI=1S/C18H19N5O.ClH/c1-23-17-8-5-12(10-16(17)21-22-23)18(24)20-15-4-2-3-11-9-13(19)6-7-14(11)15;/h5-10,15H,2-4,19H2,1H3,(H,20,24);1H. The average molecular weight is 358 g/mol. The number of benzene rings is 2. The van der Waals surface area contributed by atoms with Gasteiger partial charge in [-0.2, -0.15) is 0 Å². The van der Waals surface area contributed by atoms with Gasteiger partial charge >= 0.3 is 0 Å². The Balaban J connectivity index is 0.00000182. The summed E-state index contributed by atoms with van der Waals surface area (Å²) < 4.78 is 1.69.